The lowest BCUT2D eigenvalue weighted by atomic mass is 9.82. The van der Waals surface area contributed by atoms with Gasteiger partial charge in [-0.1, -0.05) is 42.0 Å². The fraction of sp³-hybridized carbons (Fsp3) is 0.524. The van der Waals surface area contributed by atoms with E-state index in [1.54, 1.807) is 11.9 Å². The predicted molar refractivity (Wildman–Crippen MR) is 103 cm³/mol. The third-order valence-electron chi connectivity index (χ3n) is 5.40. The topological polar surface area (TPSA) is 52.7 Å². The second kappa shape index (κ2) is 8.88. The van der Waals surface area contributed by atoms with Crippen molar-refractivity contribution in [2.75, 3.05) is 26.7 Å². The maximum Gasteiger partial charge on any atom is 0.317 e. The van der Waals surface area contributed by atoms with Crippen LogP contribution in [0.5, 0.6) is 0 Å². The molecule has 0 bridgehead atoms. The number of benzene rings is 1. The van der Waals surface area contributed by atoms with Gasteiger partial charge in [-0.3, -0.25) is 4.79 Å². The molecule has 2 aliphatic rings. The molecule has 1 aliphatic carbocycles. The van der Waals surface area contributed by atoms with Crippen molar-refractivity contribution in [2.45, 2.75) is 38.6 Å². The number of carbonyl (C=O) groups excluding carboxylic acids is 2. The first-order chi connectivity index (χ1) is 12.6. The summed E-state index contributed by atoms with van der Waals surface area (Å²) in [5.41, 5.74) is 2.53. The van der Waals surface area contributed by atoms with Gasteiger partial charge in [-0.05, 0) is 37.2 Å². The molecule has 0 aromatic heterocycles. The number of urea groups is 1. The number of nitrogens with zero attached hydrogens (tertiary/aromatic N) is 2. The molecule has 0 radical (unpaired) electrons. The van der Waals surface area contributed by atoms with Crippen LogP contribution in [0.3, 0.4) is 0 Å². The van der Waals surface area contributed by atoms with Gasteiger partial charge in [0.15, 0.2) is 0 Å². The van der Waals surface area contributed by atoms with E-state index in [-0.39, 0.29) is 11.9 Å². The SMILES string of the molecule is CN(Cc1ccccc1)C(=O)CCNC(=O)N1CCC2CCCC=C2C1. The highest BCUT2D eigenvalue weighted by Gasteiger charge is 2.27. The largest absolute Gasteiger partial charge is 0.341 e. The first kappa shape index (κ1) is 18.5. The maximum atomic E-state index is 12.4. The minimum absolute atomic E-state index is 0.0443. The van der Waals surface area contributed by atoms with Crippen molar-refractivity contribution in [3.8, 4) is 0 Å². The van der Waals surface area contributed by atoms with Gasteiger partial charge in [0.25, 0.3) is 0 Å². The molecule has 0 saturated carbocycles. The number of hydrogen-bond donors (Lipinski definition) is 1. The highest BCUT2D eigenvalue weighted by molar-refractivity contribution is 5.78. The van der Waals surface area contributed by atoms with Crippen molar-refractivity contribution in [1.82, 2.24) is 15.1 Å². The molecular weight excluding hydrogens is 326 g/mol. The highest BCUT2D eigenvalue weighted by Crippen LogP contribution is 2.31. The molecule has 3 amide bonds. The lowest BCUT2D eigenvalue weighted by Gasteiger charge is -2.36. The van der Waals surface area contributed by atoms with E-state index in [0.717, 1.165) is 31.5 Å². The first-order valence-electron chi connectivity index (χ1n) is 9.63. The maximum absolute atomic E-state index is 12.4. The minimum Gasteiger partial charge on any atom is -0.341 e. The number of likely N-dealkylation sites (tertiary alicyclic amines) is 1. The van der Waals surface area contributed by atoms with Gasteiger partial charge in [0.05, 0.1) is 0 Å². The van der Waals surface area contributed by atoms with E-state index in [1.807, 2.05) is 35.2 Å². The first-order valence-corrected chi connectivity index (χ1v) is 9.63. The Hall–Kier alpha value is -2.30. The van der Waals surface area contributed by atoms with E-state index in [2.05, 4.69) is 11.4 Å². The molecule has 1 fully saturated rings. The molecule has 3 rings (SSSR count). The van der Waals surface area contributed by atoms with Crippen LogP contribution in [0.15, 0.2) is 42.0 Å². The lowest BCUT2D eigenvalue weighted by Crippen LogP contribution is -2.46. The van der Waals surface area contributed by atoms with Gasteiger partial charge in [-0.15, -0.1) is 0 Å². The minimum atomic E-state index is -0.0477. The lowest BCUT2D eigenvalue weighted by molar-refractivity contribution is -0.130. The summed E-state index contributed by atoms with van der Waals surface area (Å²) < 4.78 is 0. The van der Waals surface area contributed by atoms with Gasteiger partial charge in [-0.2, -0.15) is 0 Å². The molecule has 1 aliphatic heterocycles. The number of piperidine rings is 1. The second-order valence-electron chi connectivity index (χ2n) is 7.33. The molecule has 140 valence electrons. The Labute approximate surface area is 156 Å². The van der Waals surface area contributed by atoms with Crippen LogP contribution in [0, 0.1) is 5.92 Å². The third-order valence-corrected chi connectivity index (χ3v) is 5.40. The second-order valence-corrected chi connectivity index (χ2v) is 7.33. The number of amides is 3. The molecule has 1 N–H and O–H groups in total. The van der Waals surface area contributed by atoms with E-state index in [1.165, 1.54) is 18.4 Å². The third kappa shape index (κ3) is 4.87. The Bertz CT molecular complexity index is 656. The molecule has 1 heterocycles. The summed E-state index contributed by atoms with van der Waals surface area (Å²) in [7, 11) is 1.80. The fourth-order valence-electron chi connectivity index (χ4n) is 3.84. The van der Waals surface area contributed by atoms with Crippen LogP contribution in [0.25, 0.3) is 0 Å². The van der Waals surface area contributed by atoms with Gasteiger partial charge >= 0.3 is 6.03 Å². The van der Waals surface area contributed by atoms with E-state index in [4.69, 9.17) is 0 Å². The van der Waals surface area contributed by atoms with Gasteiger partial charge in [0.2, 0.25) is 5.91 Å². The van der Waals surface area contributed by atoms with Crippen LogP contribution in [-0.2, 0) is 11.3 Å². The summed E-state index contributed by atoms with van der Waals surface area (Å²) in [5.74, 6) is 0.726. The highest BCUT2D eigenvalue weighted by atomic mass is 16.2. The Balaban J connectivity index is 1.39. The smallest absolute Gasteiger partial charge is 0.317 e. The number of fused-ring (bicyclic) bond motifs is 1. The normalized spacial score (nSPS) is 19.3. The zero-order valence-electron chi connectivity index (χ0n) is 15.6. The summed E-state index contributed by atoms with van der Waals surface area (Å²) in [6.45, 7) is 2.54. The van der Waals surface area contributed by atoms with Crippen molar-refractivity contribution in [3.05, 3.63) is 47.5 Å². The summed E-state index contributed by atoms with van der Waals surface area (Å²) in [4.78, 5) is 28.2. The van der Waals surface area contributed by atoms with Gasteiger partial charge in [-0.25, -0.2) is 4.79 Å². The Kier molecular flexibility index (Phi) is 6.31. The quantitative estimate of drug-likeness (QED) is 0.825. The standard InChI is InChI=1S/C21H29N3O2/c1-23(15-17-7-3-2-4-8-17)20(25)11-13-22-21(26)24-14-12-18-9-5-6-10-19(18)16-24/h2-4,7-8,10,18H,5-6,9,11-16H2,1H3,(H,22,26). The summed E-state index contributed by atoms with van der Waals surface area (Å²) in [6.07, 6.45) is 7.40. The van der Waals surface area contributed by atoms with Crippen LogP contribution in [0.2, 0.25) is 0 Å². The van der Waals surface area contributed by atoms with E-state index >= 15 is 0 Å². The van der Waals surface area contributed by atoms with E-state index in [9.17, 15) is 9.59 Å². The molecule has 26 heavy (non-hydrogen) atoms. The molecule has 1 atom stereocenters. The van der Waals surface area contributed by atoms with Gasteiger partial charge in [0.1, 0.15) is 0 Å². The van der Waals surface area contributed by atoms with Crippen molar-refractivity contribution in [3.63, 3.8) is 0 Å². The molecular formula is C21H29N3O2. The monoisotopic (exact) mass is 355 g/mol. The Morgan fingerprint density at radius 3 is 2.85 bits per heavy atom. The summed E-state index contributed by atoms with van der Waals surface area (Å²) >= 11 is 0. The Morgan fingerprint density at radius 1 is 1.23 bits per heavy atom. The summed E-state index contributed by atoms with van der Waals surface area (Å²) in [5, 5.41) is 2.91. The molecule has 1 aromatic carbocycles. The molecule has 1 saturated heterocycles. The average Bonchev–Trinajstić information content (AvgIpc) is 2.68. The number of nitrogens with one attached hydrogen (secondary N) is 1. The molecule has 1 aromatic rings. The van der Waals surface area contributed by atoms with E-state index < -0.39 is 0 Å². The zero-order valence-corrected chi connectivity index (χ0v) is 15.6. The van der Waals surface area contributed by atoms with Crippen LogP contribution >= 0.6 is 0 Å². The van der Waals surface area contributed by atoms with Crippen molar-refractivity contribution >= 4 is 11.9 Å². The molecule has 1 unspecified atom stereocenters. The fourth-order valence-corrected chi connectivity index (χ4v) is 3.84. The molecule has 5 heteroatoms. The Morgan fingerprint density at radius 2 is 2.04 bits per heavy atom. The number of carbonyl (C=O) groups is 2. The van der Waals surface area contributed by atoms with Crippen molar-refractivity contribution in [1.29, 1.82) is 0 Å². The van der Waals surface area contributed by atoms with Crippen molar-refractivity contribution < 1.29 is 9.59 Å². The number of hydrogen-bond acceptors (Lipinski definition) is 2. The molecule has 0 spiro atoms. The number of rotatable bonds is 5. The van der Waals surface area contributed by atoms with Gasteiger partial charge < -0.3 is 15.1 Å². The number of allylic oxidation sites excluding steroid dienone is 1. The summed E-state index contributed by atoms with van der Waals surface area (Å²) in [6, 6.07) is 9.88. The molecule has 5 nitrogen and oxygen atoms in total. The van der Waals surface area contributed by atoms with Gasteiger partial charge in [0, 0.05) is 39.6 Å². The van der Waals surface area contributed by atoms with E-state index in [0.29, 0.717) is 25.4 Å². The van der Waals surface area contributed by atoms with Crippen LogP contribution in [0.4, 0.5) is 4.79 Å². The van der Waals surface area contributed by atoms with Crippen LogP contribution in [-0.4, -0.2) is 48.4 Å². The van der Waals surface area contributed by atoms with Crippen molar-refractivity contribution in [2.24, 2.45) is 5.92 Å². The zero-order chi connectivity index (χ0) is 18.4. The van der Waals surface area contributed by atoms with Crippen LogP contribution < -0.4 is 5.32 Å². The van der Waals surface area contributed by atoms with Crippen LogP contribution in [0.1, 0.15) is 37.7 Å². The average molecular weight is 355 g/mol. The predicted octanol–water partition coefficient (Wildman–Crippen LogP) is 3.18.